The summed E-state index contributed by atoms with van der Waals surface area (Å²) in [5, 5.41) is 5.85. The Balaban J connectivity index is 2.18. The van der Waals surface area contributed by atoms with Gasteiger partial charge in [0.05, 0.1) is 19.3 Å². The second kappa shape index (κ2) is 4.82. The maximum atomic E-state index is 5.80. The van der Waals surface area contributed by atoms with Crippen molar-refractivity contribution in [1.29, 1.82) is 0 Å². The molecule has 2 N–H and O–H groups in total. The molecule has 0 saturated carbocycles. The number of aromatic nitrogens is 3. The van der Waals surface area contributed by atoms with E-state index in [1.54, 1.807) is 18.0 Å². The third-order valence-corrected chi connectivity index (χ3v) is 3.35. The van der Waals surface area contributed by atoms with Crippen LogP contribution in [0.1, 0.15) is 0 Å². The molecule has 86 valence electrons. The first-order valence-electron chi connectivity index (χ1n) is 4.64. The Kier molecular flexibility index (Phi) is 3.42. The third-order valence-electron chi connectivity index (χ3n) is 2.01. The molecule has 2 rings (SSSR count). The van der Waals surface area contributed by atoms with Gasteiger partial charge in [0, 0.05) is 18.9 Å². The van der Waals surface area contributed by atoms with Crippen molar-refractivity contribution in [2.24, 2.45) is 0 Å². The zero-order chi connectivity index (χ0) is 11.5. The number of anilines is 1. The summed E-state index contributed by atoms with van der Waals surface area (Å²) < 4.78 is 6.76. The van der Waals surface area contributed by atoms with Crippen LogP contribution in [0.3, 0.4) is 0 Å². The van der Waals surface area contributed by atoms with E-state index in [4.69, 9.17) is 22.1 Å². The fraction of sp³-hybridized carbons (Fsp3) is 0.333. The molecule has 0 bridgehead atoms. The Hall–Kier alpha value is -1.11. The smallest absolute Gasteiger partial charge is 0.164 e. The van der Waals surface area contributed by atoms with Gasteiger partial charge in [-0.25, -0.2) is 4.98 Å². The quantitative estimate of drug-likeness (QED) is 0.910. The molecule has 0 radical (unpaired) electrons. The molecule has 2 aromatic heterocycles. The van der Waals surface area contributed by atoms with Crippen LogP contribution in [0, 0.1) is 0 Å². The molecule has 7 heteroatoms. The van der Waals surface area contributed by atoms with E-state index in [9.17, 15) is 0 Å². The maximum Gasteiger partial charge on any atom is 0.164 e. The predicted octanol–water partition coefficient (Wildman–Crippen LogP) is 1.89. The molecule has 0 aliphatic carbocycles. The molecule has 2 heterocycles. The molecule has 0 atom stereocenters. The highest BCUT2D eigenvalue weighted by atomic mass is 35.5. The van der Waals surface area contributed by atoms with Gasteiger partial charge >= 0.3 is 0 Å². The van der Waals surface area contributed by atoms with Crippen molar-refractivity contribution in [2.45, 2.75) is 6.54 Å². The first-order valence-corrected chi connectivity index (χ1v) is 5.83. The van der Waals surface area contributed by atoms with Crippen molar-refractivity contribution < 1.29 is 4.74 Å². The van der Waals surface area contributed by atoms with Crippen molar-refractivity contribution in [3.8, 4) is 10.6 Å². The first kappa shape index (κ1) is 11.4. The van der Waals surface area contributed by atoms with E-state index < -0.39 is 0 Å². The lowest BCUT2D eigenvalue weighted by Crippen LogP contribution is -2.03. The molecule has 5 nitrogen and oxygen atoms in total. The summed E-state index contributed by atoms with van der Waals surface area (Å²) in [4.78, 5) is 4.15. The lowest BCUT2D eigenvalue weighted by atomic mass is 10.4. The molecule has 0 aliphatic rings. The van der Waals surface area contributed by atoms with Crippen LogP contribution in [0.15, 0.2) is 12.4 Å². The highest BCUT2D eigenvalue weighted by molar-refractivity contribution is 7.19. The largest absolute Gasteiger partial charge is 0.388 e. The van der Waals surface area contributed by atoms with E-state index in [2.05, 4.69) is 10.1 Å². The normalized spacial score (nSPS) is 10.9. The van der Waals surface area contributed by atoms with Gasteiger partial charge in [-0.15, -0.1) is 0 Å². The summed E-state index contributed by atoms with van der Waals surface area (Å²) in [5.74, 6) is 0. The number of nitrogens with two attached hydrogens (primary N) is 1. The Morgan fingerprint density at radius 2 is 2.44 bits per heavy atom. The third kappa shape index (κ3) is 2.34. The van der Waals surface area contributed by atoms with Crippen LogP contribution in [0.5, 0.6) is 0 Å². The Bertz CT molecular complexity index is 462. The number of ether oxygens (including phenoxy) is 1. The number of methoxy groups -OCH3 is 1. The van der Waals surface area contributed by atoms with Gasteiger partial charge in [-0.2, -0.15) is 5.10 Å². The van der Waals surface area contributed by atoms with Crippen LogP contribution in [0.4, 0.5) is 5.00 Å². The van der Waals surface area contributed by atoms with E-state index in [0.717, 1.165) is 10.6 Å². The molecular formula is C9H11ClN4OS. The fourth-order valence-electron chi connectivity index (χ4n) is 1.22. The monoisotopic (exact) mass is 258 g/mol. The number of hydrogen-bond donors (Lipinski definition) is 1. The summed E-state index contributed by atoms with van der Waals surface area (Å²) in [7, 11) is 1.66. The Morgan fingerprint density at radius 1 is 1.62 bits per heavy atom. The second-order valence-corrected chi connectivity index (χ2v) is 4.55. The lowest BCUT2D eigenvalue weighted by molar-refractivity contribution is 0.183. The zero-order valence-corrected chi connectivity index (χ0v) is 10.3. The standard InChI is InChI=1S/C9H11ClN4OS/c1-15-3-2-14-5-6(4-12-14)9-13-7(10)8(11)16-9/h4-5H,2-3,11H2,1H3. The van der Waals surface area contributed by atoms with Gasteiger partial charge in [-0.3, -0.25) is 4.68 Å². The van der Waals surface area contributed by atoms with E-state index in [1.165, 1.54) is 11.3 Å². The summed E-state index contributed by atoms with van der Waals surface area (Å²) >= 11 is 7.15. The zero-order valence-electron chi connectivity index (χ0n) is 8.68. The van der Waals surface area contributed by atoms with Crippen molar-refractivity contribution in [1.82, 2.24) is 14.8 Å². The minimum Gasteiger partial charge on any atom is -0.388 e. The molecule has 0 saturated heterocycles. The van der Waals surface area contributed by atoms with Gasteiger partial charge in [-0.1, -0.05) is 22.9 Å². The van der Waals surface area contributed by atoms with E-state index in [1.807, 2.05) is 6.20 Å². The fourth-order valence-corrected chi connectivity index (χ4v) is 2.17. The summed E-state index contributed by atoms with van der Waals surface area (Å²) in [6, 6.07) is 0. The van der Waals surface area contributed by atoms with Gasteiger partial charge < -0.3 is 10.5 Å². The Morgan fingerprint density at radius 3 is 3.06 bits per heavy atom. The lowest BCUT2D eigenvalue weighted by Gasteiger charge is -1.97. The van der Waals surface area contributed by atoms with Crippen LogP contribution in [-0.4, -0.2) is 28.5 Å². The number of hydrogen-bond acceptors (Lipinski definition) is 5. The van der Waals surface area contributed by atoms with Gasteiger partial charge in [0.15, 0.2) is 5.15 Å². The topological polar surface area (TPSA) is 66.0 Å². The average Bonchev–Trinajstić information content (AvgIpc) is 2.84. The highest BCUT2D eigenvalue weighted by Gasteiger charge is 2.09. The van der Waals surface area contributed by atoms with Crippen molar-refractivity contribution >= 4 is 27.9 Å². The van der Waals surface area contributed by atoms with Crippen LogP contribution < -0.4 is 5.73 Å². The van der Waals surface area contributed by atoms with E-state index in [-0.39, 0.29) is 0 Å². The van der Waals surface area contributed by atoms with E-state index >= 15 is 0 Å². The average molecular weight is 259 g/mol. The van der Waals surface area contributed by atoms with Crippen LogP contribution in [0.2, 0.25) is 5.15 Å². The molecule has 0 aliphatic heterocycles. The van der Waals surface area contributed by atoms with Crippen molar-refractivity contribution in [3.63, 3.8) is 0 Å². The highest BCUT2D eigenvalue weighted by Crippen LogP contribution is 2.32. The maximum absolute atomic E-state index is 5.80. The minimum atomic E-state index is 0.352. The Labute approximate surface area is 102 Å². The molecular weight excluding hydrogens is 248 g/mol. The van der Waals surface area contributed by atoms with Gasteiger partial charge in [-0.05, 0) is 0 Å². The number of halogens is 1. The minimum absolute atomic E-state index is 0.352. The molecule has 0 unspecified atom stereocenters. The van der Waals surface area contributed by atoms with Crippen LogP contribution in [-0.2, 0) is 11.3 Å². The number of thiazole rings is 1. The molecule has 0 fully saturated rings. The SMILES string of the molecule is COCCn1cc(-c2nc(Cl)c(N)s2)cn1. The van der Waals surface area contributed by atoms with Crippen LogP contribution >= 0.6 is 22.9 Å². The number of nitrogens with zero attached hydrogens (tertiary/aromatic N) is 3. The van der Waals surface area contributed by atoms with Crippen molar-refractivity contribution in [2.75, 3.05) is 19.5 Å². The van der Waals surface area contributed by atoms with Crippen LogP contribution in [0.25, 0.3) is 10.6 Å². The first-order chi connectivity index (χ1) is 7.70. The van der Waals surface area contributed by atoms with E-state index in [0.29, 0.717) is 23.3 Å². The molecule has 16 heavy (non-hydrogen) atoms. The summed E-state index contributed by atoms with van der Waals surface area (Å²) in [6.45, 7) is 1.34. The molecule has 0 spiro atoms. The predicted molar refractivity (Wildman–Crippen MR) is 64.6 cm³/mol. The van der Waals surface area contributed by atoms with Gasteiger partial charge in [0.1, 0.15) is 10.0 Å². The number of nitrogen functional groups attached to an aromatic ring is 1. The van der Waals surface area contributed by atoms with Gasteiger partial charge in [0.2, 0.25) is 0 Å². The molecule has 0 amide bonds. The number of rotatable bonds is 4. The summed E-state index contributed by atoms with van der Waals surface area (Å²) in [6.07, 6.45) is 3.64. The van der Waals surface area contributed by atoms with Gasteiger partial charge in [0.25, 0.3) is 0 Å². The molecule has 0 aromatic carbocycles. The second-order valence-electron chi connectivity index (χ2n) is 3.16. The summed E-state index contributed by atoms with van der Waals surface area (Å²) in [5.41, 5.74) is 6.56. The van der Waals surface area contributed by atoms with Crippen molar-refractivity contribution in [3.05, 3.63) is 17.5 Å². The molecule has 2 aromatic rings.